The summed E-state index contributed by atoms with van der Waals surface area (Å²) in [5.41, 5.74) is 5.02. The molecule has 3 heteroatoms. The monoisotopic (exact) mass is 200 g/mol. The van der Waals surface area contributed by atoms with Crippen LogP contribution in [0, 0.1) is 10.8 Å². The molecule has 0 rings (SSSR count). The third-order valence-corrected chi connectivity index (χ3v) is 2.82. The average molecular weight is 200 g/mol. The summed E-state index contributed by atoms with van der Waals surface area (Å²) in [5.74, 6) is -0.258. The van der Waals surface area contributed by atoms with Crippen molar-refractivity contribution in [2.45, 2.75) is 47.6 Å². The molecule has 0 aliphatic heterocycles. The topological polar surface area (TPSA) is 55.1 Å². The van der Waals surface area contributed by atoms with Crippen molar-refractivity contribution in [2.75, 3.05) is 6.54 Å². The summed E-state index contributed by atoms with van der Waals surface area (Å²) in [6.45, 7) is 13.0. The second-order valence-electron chi connectivity index (χ2n) is 5.72. The average Bonchev–Trinajstić information content (AvgIpc) is 1.98. The predicted octanol–water partition coefficient (Wildman–Crippen LogP) is 1.52. The van der Waals surface area contributed by atoms with Gasteiger partial charge >= 0.3 is 0 Å². The molecule has 0 aliphatic rings. The van der Waals surface area contributed by atoms with Gasteiger partial charge in [-0.2, -0.15) is 0 Å². The molecule has 14 heavy (non-hydrogen) atoms. The van der Waals surface area contributed by atoms with E-state index >= 15 is 0 Å². The van der Waals surface area contributed by atoms with Crippen molar-refractivity contribution in [1.29, 1.82) is 0 Å². The van der Waals surface area contributed by atoms with Gasteiger partial charge in [0, 0.05) is 12.6 Å². The lowest BCUT2D eigenvalue weighted by atomic mass is 9.86. The maximum absolute atomic E-state index is 11.1. The van der Waals surface area contributed by atoms with Gasteiger partial charge in [-0.05, 0) is 26.2 Å². The van der Waals surface area contributed by atoms with E-state index in [1.54, 1.807) is 0 Å². The maximum Gasteiger partial charge on any atom is 0.224 e. The van der Waals surface area contributed by atoms with Crippen LogP contribution in [0.3, 0.4) is 0 Å². The lowest BCUT2D eigenvalue weighted by molar-refractivity contribution is -0.125. The van der Waals surface area contributed by atoms with E-state index in [9.17, 15) is 4.79 Å². The van der Waals surface area contributed by atoms with Gasteiger partial charge in [0.25, 0.3) is 0 Å². The minimum absolute atomic E-state index is 0.202. The van der Waals surface area contributed by atoms with E-state index < -0.39 is 5.41 Å². The van der Waals surface area contributed by atoms with E-state index in [1.807, 2.05) is 13.8 Å². The Balaban J connectivity index is 4.13. The predicted molar refractivity (Wildman–Crippen MR) is 59.9 cm³/mol. The van der Waals surface area contributed by atoms with Crippen LogP contribution in [0.4, 0.5) is 0 Å². The van der Waals surface area contributed by atoms with Gasteiger partial charge < -0.3 is 11.1 Å². The number of nitrogens with two attached hydrogens (primary N) is 1. The van der Waals surface area contributed by atoms with Crippen LogP contribution in [0.5, 0.6) is 0 Å². The number of primary amides is 1. The summed E-state index contributed by atoms with van der Waals surface area (Å²) in [6.07, 6.45) is 0. The van der Waals surface area contributed by atoms with E-state index in [0.717, 1.165) is 0 Å². The van der Waals surface area contributed by atoms with Gasteiger partial charge in [0.1, 0.15) is 0 Å². The molecule has 0 fully saturated rings. The molecule has 3 nitrogen and oxygen atoms in total. The second-order valence-corrected chi connectivity index (χ2v) is 5.72. The highest BCUT2D eigenvalue weighted by molar-refractivity contribution is 5.80. The molecule has 0 radical (unpaired) electrons. The molecule has 0 aromatic heterocycles. The standard InChI is InChI=1S/C11H24N2O/c1-8(10(2,3)4)13-7-11(5,6)9(12)14/h8,13H,7H2,1-6H3,(H2,12,14). The van der Waals surface area contributed by atoms with E-state index in [0.29, 0.717) is 12.6 Å². The summed E-state index contributed by atoms with van der Waals surface area (Å²) >= 11 is 0. The van der Waals surface area contributed by atoms with Crippen LogP contribution in [0.2, 0.25) is 0 Å². The van der Waals surface area contributed by atoms with Gasteiger partial charge in [-0.1, -0.05) is 20.8 Å². The number of hydrogen-bond donors (Lipinski definition) is 2. The summed E-state index contributed by atoms with van der Waals surface area (Å²) in [5, 5.41) is 3.34. The van der Waals surface area contributed by atoms with Crippen molar-refractivity contribution in [2.24, 2.45) is 16.6 Å². The van der Waals surface area contributed by atoms with Crippen LogP contribution in [-0.4, -0.2) is 18.5 Å². The Hall–Kier alpha value is -0.570. The van der Waals surface area contributed by atoms with E-state index in [1.165, 1.54) is 0 Å². The molecule has 1 amide bonds. The molecule has 84 valence electrons. The second kappa shape index (κ2) is 4.30. The summed E-state index contributed by atoms with van der Waals surface area (Å²) in [6, 6.07) is 0.362. The molecule has 0 heterocycles. The first-order chi connectivity index (χ1) is 6.07. The molecule has 0 saturated carbocycles. The molecular formula is C11H24N2O. The lowest BCUT2D eigenvalue weighted by Gasteiger charge is -2.31. The van der Waals surface area contributed by atoms with Crippen molar-refractivity contribution in [3.63, 3.8) is 0 Å². The first kappa shape index (κ1) is 13.4. The highest BCUT2D eigenvalue weighted by atomic mass is 16.1. The van der Waals surface area contributed by atoms with Gasteiger partial charge in [0.2, 0.25) is 5.91 Å². The number of rotatable bonds is 4. The minimum atomic E-state index is -0.473. The third kappa shape index (κ3) is 4.09. The molecule has 1 atom stereocenters. The van der Waals surface area contributed by atoms with Gasteiger partial charge in [-0.25, -0.2) is 0 Å². The maximum atomic E-state index is 11.1. The molecule has 3 N–H and O–H groups in total. The van der Waals surface area contributed by atoms with Crippen LogP contribution in [0.25, 0.3) is 0 Å². The van der Waals surface area contributed by atoms with Crippen LogP contribution in [0.15, 0.2) is 0 Å². The highest BCUT2D eigenvalue weighted by Crippen LogP contribution is 2.20. The minimum Gasteiger partial charge on any atom is -0.369 e. The summed E-state index contributed by atoms with van der Waals surface area (Å²) < 4.78 is 0. The van der Waals surface area contributed by atoms with E-state index in [2.05, 4.69) is 33.0 Å². The number of hydrogen-bond acceptors (Lipinski definition) is 2. The van der Waals surface area contributed by atoms with E-state index in [-0.39, 0.29) is 11.3 Å². The first-order valence-corrected chi connectivity index (χ1v) is 5.10. The molecule has 0 spiro atoms. The van der Waals surface area contributed by atoms with Crippen LogP contribution in [0.1, 0.15) is 41.5 Å². The highest BCUT2D eigenvalue weighted by Gasteiger charge is 2.27. The third-order valence-electron chi connectivity index (χ3n) is 2.82. The largest absolute Gasteiger partial charge is 0.369 e. The van der Waals surface area contributed by atoms with Gasteiger partial charge in [0.05, 0.1) is 5.41 Å². The normalized spacial score (nSPS) is 15.3. The Kier molecular flexibility index (Phi) is 4.13. The van der Waals surface area contributed by atoms with Crippen LogP contribution >= 0.6 is 0 Å². The fourth-order valence-corrected chi connectivity index (χ4v) is 0.802. The molecule has 1 unspecified atom stereocenters. The van der Waals surface area contributed by atoms with Crippen LogP contribution in [-0.2, 0) is 4.79 Å². The van der Waals surface area contributed by atoms with Gasteiger partial charge in [0.15, 0.2) is 0 Å². The van der Waals surface area contributed by atoms with Gasteiger partial charge in [-0.3, -0.25) is 4.79 Å². The zero-order chi connectivity index (χ0) is 11.6. The molecule has 0 aliphatic carbocycles. The van der Waals surface area contributed by atoms with Crippen molar-refractivity contribution < 1.29 is 4.79 Å². The fourth-order valence-electron chi connectivity index (χ4n) is 0.802. The molecule has 0 aromatic rings. The Labute approximate surface area is 87.4 Å². The summed E-state index contributed by atoms with van der Waals surface area (Å²) in [7, 11) is 0. The smallest absolute Gasteiger partial charge is 0.224 e. The Morgan fingerprint density at radius 1 is 1.29 bits per heavy atom. The Morgan fingerprint density at radius 3 is 2.00 bits per heavy atom. The van der Waals surface area contributed by atoms with Crippen molar-refractivity contribution in [1.82, 2.24) is 5.32 Å². The van der Waals surface area contributed by atoms with Crippen molar-refractivity contribution in [3.05, 3.63) is 0 Å². The summed E-state index contributed by atoms with van der Waals surface area (Å²) in [4.78, 5) is 11.1. The van der Waals surface area contributed by atoms with Crippen molar-refractivity contribution >= 4 is 5.91 Å². The Bertz CT molecular complexity index is 204. The molecular weight excluding hydrogens is 176 g/mol. The number of carbonyl (C=O) groups excluding carboxylic acids is 1. The zero-order valence-electron chi connectivity index (χ0n) is 10.3. The molecule has 0 bridgehead atoms. The van der Waals surface area contributed by atoms with E-state index in [4.69, 9.17) is 5.73 Å². The van der Waals surface area contributed by atoms with Crippen LogP contribution < -0.4 is 11.1 Å². The Morgan fingerprint density at radius 2 is 1.71 bits per heavy atom. The first-order valence-electron chi connectivity index (χ1n) is 5.10. The molecule has 0 aromatic carbocycles. The quantitative estimate of drug-likeness (QED) is 0.723. The zero-order valence-corrected chi connectivity index (χ0v) is 10.3. The SMILES string of the molecule is CC(NCC(C)(C)C(N)=O)C(C)(C)C. The fraction of sp³-hybridized carbons (Fsp3) is 0.909. The van der Waals surface area contributed by atoms with Crippen molar-refractivity contribution in [3.8, 4) is 0 Å². The molecule has 0 saturated heterocycles. The number of carbonyl (C=O) groups is 1. The number of nitrogens with one attached hydrogen (secondary N) is 1. The lowest BCUT2D eigenvalue weighted by Crippen LogP contribution is -2.46. The van der Waals surface area contributed by atoms with Gasteiger partial charge in [-0.15, -0.1) is 0 Å². The number of amides is 1.